The fraction of sp³-hybridized carbons (Fsp3) is 0.312. The third kappa shape index (κ3) is 4.44. The van der Waals surface area contributed by atoms with Gasteiger partial charge in [0.05, 0.1) is 12.5 Å². The molecule has 0 aliphatic rings. The Labute approximate surface area is 129 Å². The molecule has 2 amide bonds. The molecule has 1 atom stereocenters. The van der Waals surface area contributed by atoms with Gasteiger partial charge < -0.3 is 10.6 Å². The molecule has 0 aliphatic heterocycles. The van der Waals surface area contributed by atoms with Crippen LogP contribution in [-0.2, 0) is 16.6 Å². The molecule has 0 bridgehead atoms. The molecule has 0 saturated carbocycles. The van der Waals surface area contributed by atoms with E-state index in [1.165, 1.54) is 6.92 Å². The van der Waals surface area contributed by atoms with Crippen LogP contribution in [0.5, 0.6) is 0 Å². The lowest BCUT2D eigenvalue weighted by Crippen LogP contribution is -2.29. The number of aryl methyl sites for hydroxylation is 2. The molecule has 0 saturated heterocycles. The van der Waals surface area contributed by atoms with Gasteiger partial charge in [-0.3, -0.25) is 14.3 Å². The molecule has 0 fully saturated rings. The summed E-state index contributed by atoms with van der Waals surface area (Å²) in [7, 11) is 1.78. The summed E-state index contributed by atoms with van der Waals surface area (Å²) in [6.07, 6.45) is 1.90. The Hall–Kier alpha value is -2.63. The molecule has 0 radical (unpaired) electrons. The summed E-state index contributed by atoms with van der Waals surface area (Å²) in [4.78, 5) is 23.5. The summed E-state index contributed by atoms with van der Waals surface area (Å²) in [5.41, 5.74) is 2.03. The standard InChI is InChI=1S/C16H20N4O2/c1-11-4-6-13(7-5-11)14(17-12(2)21)10-16(22)18-15-8-9-20(3)19-15/h4-9,14H,10H2,1-3H3,(H,17,21)(H,18,19,22)/t14-/m0/s1. The van der Waals surface area contributed by atoms with Crippen LogP contribution in [0.15, 0.2) is 36.5 Å². The first kappa shape index (κ1) is 15.8. The molecular formula is C16H20N4O2. The zero-order valence-corrected chi connectivity index (χ0v) is 13.0. The van der Waals surface area contributed by atoms with Crippen LogP contribution in [0, 0.1) is 6.92 Å². The predicted octanol–water partition coefficient (Wildman–Crippen LogP) is 1.93. The number of benzene rings is 1. The van der Waals surface area contributed by atoms with E-state index in [4.69, 9.17) is 0 Å². The minimum atomic E-state index is -0.359. The number of nitrogens with one attached hydrogen (secondary N) is 2. The highest BCUT2D eigenvalue weighted by Gasteiger charge is 2.17. The van der Waals surface area contributed by atoms with Crippen molar-refractivity contribution in [1.29, 1.82) is 0 Å². The molecule has 2 rings (SSSR count). The molecule has 0 aliphatic carbocycles. The van der Waals surface area contributed by atoms with Gasteiger partial charge in [-0.15, -0.1) is 0 Å². The summed E-state index contributed by atoms with van der Waals surface area (Å²) in [5.74, 6) is 0.132. The Balaban J connectivity index is 2.07. The van der Waals surface area contributed by atoms with E-state index in [1.807, 2.05) is 31.2 Å². The quantitative estimate of drug-likeness (QED) is 0.886. The lowest BCUT2D eigenvalue weighted by Gasteiger charge is -2.18. The molecule has 6 heteroatoms. The van der Waals surface area contributed by atoms with E-state index in [-0.39, 0.29) is 24.3 Å². The molecule has 2 N–H and O–H groups in total. The van der Waals surface area contributed by atoms with Gasteiger partial charge in [-0.25, -0.2) is 0 Å². The number of amides is 2. The Kier molecular flexibility index (Phi) is 4.93. The van der Waals surface area contributed by atoms with Gasteiger partial charge in [0, 0.05) is 26.2 Å². The van der Waals surface area contributed by atoms with Gasteiger partial charge in [-0.1, -0.05) is 29.8 Å². The van der Waals surface area contributed by atoms with Crippen LogP contribution in [0.4, 0.5) is 5.82 Å². The molecule has 1 aromatic carbocycles. The minimum absolute atomic E-state index is 0.152. The van der Waals surface area contributed by atoms with Crippen LogP contribution in [0.1, 0.15) is 30.5 Å². The number of hydrogen-bond donors (Lipinski definition) is 2. The summed E-state index contributed by atoms with van der Waals surface area (Å²) < 4.78 is 1.61. The number of aromatic nitrogens is 2. The van der Waals surface area contributed by atoms with Crippen molar-refractivity contribution in [1.82, 2.24) is 15.1 Å². The van der Waals surface area contributed by atoms with E-state index in [2.05, 4.69) is 15.7 Å². The molecule has 0 spiro atoms. The summed E-state index contributed by atoms with van der Waals surface area (Å²) in [6.45, 7) is 3.43. The maximum atomic E-state index is 12.1. The van der Waals surface area contributed by atoms with Crippen LogP contribution in [0.25, 0.3) is 0 Å². The van der Waals surface area contributed by atoms with E-state index in [9.17, 15) is 9.59 Å². The molecule has 0 unspecified atom stereocenters. The van der Waals surface area contributed by atoms with Gasteiger partial charge >= 0.3 is 0 Å². The highest BCUT2D eigenvalue weighted by Crippen LogP contribution is 2.18. The Bertz CT molecular complexity index is 661. The zero-order chi connectivity index (χ0) is 16.1. The Morgan fingerprint density at radius 1 is 1.23 bits per heavy atom. The number of anilines is 1. The van der Waals surface area contributed by atoms with Crippen molar-refractivity contribution in [3.05, 3.63) is 47.7 Å². The Morgan fingerprint density at radius 3 is 2.45 bits per heavy atom. The van der Waals surface area contributed by atoms with Crippen molar-refractivity contribution in [2.24, 2.45) is 7.05 Å². The maximum Gasteiger partial charge on any atom is 0.227 e. The SMILES string of the molecule is CC(=O)N[C@@H](CC(=O)Nc1ccn(C)n1)c1ccc(C)cc1. The number of carbonyl (C=O) groups is 2. The zero-order valence-electron chi connectivity index (χ0n) is 13.0. The second-order valence-corrected chi connectivity index (χ2v) is 5.29. The summed E-state index contributed by atoms with van der Waals surface area (Å²) in [6, 6.07) is 9.12. The van der Waals surface area contributed by atoms with Crippen LogP contribution in [0.2, 0.25) is 0 Å². The fourth-order valence-corrected chi connectivity index (χ4v) is 2.16. The average Bonchev–Trinajstić information content (AvgIpc) is 2.83. The van der Waals surface area contributed by atoms with Crippen molar-refractivity contribution in [3.8, 4) is 0 Å². The van der Waals surface area contributed by atoms with Gasteiger partial charge in [0.25, 0.3) is 0 Å². The van der Waals surface area contributed by atoms with E-state index < -0.39 is 0 Å². The van der Waals surface area contributed by atoms with Crippen LogP contribution in [0.3, 0.4) is 0 Å². The van der Waals surface area contributed by atoms with Crippen molar-refractivity contribution < 1.29 is 9.59 Å². The normalized spacial score (nSPS) is 11.8. The third-order valence-electron chi connectivity index (χ3n) is 3.23. The van der Waals surface area contributed by atoms with E-state index in [1.54, 1.807) is 24.0 Å². The number of rotatable bonds is 5. The Morgan fingerprint density at radius 2 is 1.91 bits per heavy atom. The second-order valence-electron chi connectivity index (χ2n) is 5.29. The maximum absolute atomic E-state index is 12.1. The molecule has 2 aromatic rings. The largest absolute Gasteiger partial charge is 0.349 e. The van der Waals surface area contributed by atoms with E-state index in [0.717, 1.165) is 11.1 Å². The summed E-state index contributed by atoms with van der Waals surface area (Å²) >= 11 is 0. The predicted molar refractivity (Wildman–Crippen MR) is 84.2 cm³/mol. The van der Waals surface area contributed by atoms with Crippen molar-refractivity contribution in [3.63, 3.8) is 0 Å². The molecule has 1 heterocycles. The van der Waals surface area contributed by atoms with Crippen molar-refractivity contribution in [2.75, 3.05) is 5.32 Å². The summed E-state index contributed by atoms with van der Waals surface area (Å²) in [5, 5.41) is 9.64. The van der Waals surface area contributed by atoms with Gasteiger partial charge in [0.2, 0.25) is 11.8 Å². The van der Waals surface area contributed by atoms with Crippen LogP contribution >= 0.6 is 0 Å². The fourth-order valence-electron chi connectivity index (χ4n) is 2.16. The number of nitrogens with zero attached hydrogens (tertiary/aromatic N) is 2. The molecule has 6 nitrogen and oxygen atoms in total. The first-order chi connectivity index (χ1) is 10.4. The number of hydrogen-bond acceptors (Lipinski definition) is 3. The first-order valence-corrected chi connectivity index (χ1v) is 7.07. The van der Waals surface area contributed by atoms with Gasteiger partial charge in [0.15, 0.2) is 5.82 Å². The third-order valence-corrected chi connectivity index (χ3v) is 3.23. The highest BCUT2D eigenvalue weighted by molar-refractivity contribution is 5.90. The van der Waals surface area contributed by atoms with E-state index >= 15 is 0 Å². The van der Waals surface area contributed by atoms with Crippen LogP contribution < -0.4 is 10.6 Å². The second kappa shape index (κ2) is 6.89. The molecular weight excluding hydrogens is 280 g/mol. The van der Waals surface area contributed by atoms with E-state index in [0.29, 0.717) is 5.82 Å². The number of carbonyl (C=O) groups excluding carboxylic acids is 2. The monoisotopic (exact) mass is 300 g/mol. The molecule has 1 aromatic heterocycles. The average molecular weight is 300 g/mol. The lowest BCUT2D eigenvalue weighted by atomic mass is 10.0. The van der Waals surface area contributed by atoms with Crippen molar-refractivity contribution in [2.45, 2.75) is 26.3 Å². The smallest absolute Gasteiger partial charge is 0.227 e. The van der Waals surface area contributed by atoms with Crippen molar-refractivity contribution >= 4 is 17.6 Å². The molecule has 22 heavy (non-hydrogen) atoms. The topological polar surface area (TPSA) is 76.0 Å². The lowest BCUT2D eigenvalue weighted by molar-refractivity contribution is -0.120. The van der Waals surface area contributed by atoms with Gasteiger partial charge in [0.1, 0.15) is 0 Å². The minimum Gasteiger partial charge on any atom is -0.349 e. The molecule has 116 valence electrons. The highest BCUT2D eigenvalue weighted by atomic mass is 16.2. The first-order valence-electron chi connectivity index (χ1n) is 7.07. The van der Waals surface area contributed by atoms with Gasteiger partial charge in [-0.2, -0.15) is 5.10 Å². The van der Waals surface area contributed by atoms with Gasteiger partial charge in [-0.05, 0) is 12.5 Å². The van der Waals surface area contributed by atoms with Crippen LogP contribution in [-0.4, -0.2) is 21.6 Å².